The summed E-state index contributed by atoms with van der Waals surface area (Å²) in [6, 6.07) is 12.0. The first-order valence-electron chi connectivity index (χ1n) is 7.20. The van der Waals surface area contributed by atoms with Gasteiger partial charge < -0.3 is 4.52 Å². The summed E-state index contributed by atoms with van der Waals surface area (Å²) in [5, 5.41) is 5.13. The van der Waals surface area contributed by atoms with Gasteiger partial charge in [-0.05, 0) is 18.6 Å². The minimum atomic E-state index is 0.662. The van der Waals surface area contributed by atoms with E-state index in [1.807, 2.05) is 54.1 Å². The fraction of sp³-hybridized carbons (Fsp3) is 0.118. The Labute approximate surface area is 127 Å². The zero-order chi connectivity index (χ0) is 14.9. The molecular formula is C17H14N4O. The number of hydrogen-bond donors (Lipinski definition) is 0. The summed E-state index contributed by atoms with van der Waals surface area (Å²) < 4.78 is 7.40. The molecule has 4 rings (SSSR count). The van der Waals surface area contributed by atoms with E-state index in [1.54, 1.807) is 12.4 Å². The van der Waals surface area contributed by atoms with Crippen LogP contribution in [0, 0.1) is 0 Å². The van der Waals surface area contributed by atoms with E-state index in [1.165, 1.54) is 0 Å². The maximum absolute atomic E-state index is 5.42. The molecule has 4 aromatic rings. The van der Waals surface area contributed by atoms with Crippen LogP contribution in [-0.4, -0.2) is 19.7 Å². The number of rotatable bonds is 3. The largest absolute Gasteiger partial charge is 0.353 e. The number of imidazole rings is 1. The van der Waals surface area contributed by atoms with Gasteiger partial charge in [0.25, 0.3) is 0 Å². The molecule has 0 saturated carbocycles. The molecule has 0 spiro atoms. The average Bonchev–Trinajstić information content (AvgIpc) is 3.23. The molecule has 0 unspecified atom stereocenters. The molecule has 108 valence electrons. The predicted molar refractivity (Wildman–Crippen MR) is 83.7 cm³/mol. The lowest BCUT2D eigenvalue weighted by Gasteiger charge is -2.08. The molecule has 0 atom stereocenters. The molecular weight excluding hydrogens is 276 g/mol. The number of fused-ring (bicyclic) bond motifs is 1. The van der Waals surface area contributed by atoms with Crippen molar-refractivity contribution in [2.45, 2.75) is 13.3 Å². The SMILES string of the molecule is CCc1cc(-c2nccn2-c2cccc3cccnc23)on1. The van der Waals surface area contributed by atoms with Crippen LogP contribution in [0.3, 0.4) is 0 Å². The molecule has 3 heterocycles. The highest BCUT2D eigenvalue weighted by Crippen LogP contribution is 2.26. The summed E-state index contributed by atoms with van der Waals surface area (Å²) in [6.07, 6.45) is 6.30. The fourth-order valence-corrected chi connectivity index (χ4v) is 2.55. The van der Waals surface area contributed by atoms with Crippen LogP contribution in [0.15, 0.2) is 59.5 Å². The quantitative estimate of drug-likeness (QED) is 0.578. The molecule has 5 nitrogen and oxygen atoms in total. The Bertz CT molecular complexity index is 933. The van der Waals surface area contributed by atoms with Crippen molar-refractivity contribution < 1.29 is 4.52 Å². The molecule has 0 bridgehead atoms. The van der Waals surface area contributed by atoms with Gasteiger partial charge in [0, 0.05) is 30.0 Å². The molecule has 3 aromatic heterocycles. The smallest absolute Gasteiger partial charge is 0.202 e. The van der Waals surface area contributed by atoms with Gasteiger partial charge in [-0.15, -0.1) is 0 Å². The molecule has 0 amide bonds. The van der Waals surface area contributed by atoms with Gasteiger partial charge in [0.2, 0.25) is 5.76 Å². The average molecular weight is 290 g/mol. The predicted octanol–water partition coefficient (Wildman–Crippen LogP) is 3.64. The van der Waals surface area contributed by atoms with Crippen molar-refractivity contribution in [2.75, 3.05) is 0 Å². The van der Waals surface area contributed by atoms with Gasteiger partial charge in [-0.25, -0.2) is 4.98 Å². The Morgan fingerprint density at radius 1 is 1.09 bits per heavy atom. The minimum Gasteiger partial charge on any atom is -0.353 e. The second kappa shape index (κ2) is 5.11. The number of nitrogens with zero attached hydrogens (tertiary/aromatic N) is 4. The van der Waals surface area contributed by atoms with Crippen LogP contribution >= 0.6 is 0 Å². The maximum atomic E-state index is 5.42. The monoisotopic (exact) mass is 290 g/mol. The molecule has 0 saturated heterocycles. The number of pyridine rings is 1. The summed E-state index contributed by atoms with van der Waals surface area (Å²) >= 11 is 0. The van der Waals surface area contributed by atoms with Crippen molar-refractivity contribution in [3.8, 4) is 17.3 Å². The third-order valence-corrected chi connectivity index (χ3v) is 3.65. The van der Waals surface area contributed by atoms with Gasteiger partial charge in [-0.2, -0.15) is 0 Å². The molecule has 0 fully saturated rings. The zero-order valence-electron chi connectivity index (χ0n) is 12.1. The highest BCUT2D eigenvalue weighted by atomic mass is 16.5. The van der Waals surface area contributed by atoms with Crippen LogP contribution in [0.1, 0.15) is 12.6 Å². The molecule has 1 aromatic carbocycles. The van der Waals surface area contributed by atoms with E-state index in [2.05, 4.69) is 15.1 Å². The fourth-order valence-electron chi connectivity index (χ4n) is 2.55. The topological polar surface area (TPSA) is 56.7 Å². The first-order chi connectivity index (χ1) is 10.9. The van der Waals surface area contributed by atoms with Gasteiger partial charge >= 0.3 is 0 Å². The Kier molecular flexibility index (Phi) is 2.96. The lowest BCUT2D eigenvalue weighted by molar-refractivity contribution is 0.421. The molecule has 0 N–H and O–H groups in total. The molecule has 0 aliphatic carbocycles. The van der Waals surface area contributed by atoms with Gasteiger partial charge in [0.15, 0.2) is 5.82 Å². The van der Waals surface area contributed by atoms with Crippen molar-refractivity contribution in [1.82, 2.24) is 19.7 Å². The van der Waals surface area contributed by atoms with E-state index in [0.717, 1.165) is 34.5 Å². The maximum Gasteiger partial charge on any atom is 0.202 e. The zero-order valence-corrected chi connectivity index (χ0v) is 12.1. The van der Waals surface area contributed by atoms with Crippen molar-refractivity contribution in [3.05, 3.63) is 60.7 Å². The van der Waals surface area contributed by atoms with Gasteiger partial charge in [0.1, 0.15) is 0 Å². The van der Waals surface area contributed by atoms with E-state index < -0.39 is 0 Å². The summed E-state index contributed by atoms with van der Waals surface area (Å²) in [7, 11) is 0. The number of aromatic nitrogens is 4. The molecule has 22 heavy (non-hydrogen) atoms. The number of benzene rings is 1. The second-order valence-electron chi connectivity index (χ2n) is 5.01. The van der Waals surface area contributed by atoms with Crippen molar-refractivity contribution >= 4 is 10.9 Å². The summed E-state index contributed by atoms with van der Waals surface area (Å²) in [5.41, 5.74) is 2.82. The standard InChI is InChI=1S/C17H14N4O/c1-2-13-11-15(22-20-13)17-19-9-10-21(17)14-7-3-5-12-6-4-8-18-16(12)14/h3-11H,2H2,1H3. The first-order valence-corrected chi connectivity index (χ1v) is 7.20. The molecule has 0 aliphatic heterocycles. The van der Waals surface area contributed by atoms with Crippen LogP contribution < -0.4 is 0 Å². The molecule has 5 heteroatoms. The number of aryl methyl sites for hydroxylation is 1. The van der Waals surface area contributed by atoms with Crippen molar-refractivity contribution in [2.24, 2.45) is 0 Å². The highest BCUT2D eigenvalue weighted by Gasteiger charge is 2.14. The molecule has 0 aliphatic rings. The normalized spacial score (nSPS) is 11.1. The van der Waals surface area contributed by atoms with Gasteiger partial charge in [0.05, 0.1) is 16.9 Å². The van der Waals surface area contributed by atoms with Crippen LogP contribution in [0.2, 0.25) is 0 Å². The third-order valence-electron chi connectivity index (χ3n) is 3.65. The van der Waals surface area contributed by atoms with E-state index >= 15 is 0 Å². The van der Waals surface area contributed by atoms with Crippen molar-refractivity contribution in [1.29, 1.82) is 0 Å². The Morgan fingerprint density at radius 3 is 2.86 bits per heavy atom. The summed E-state index contributed by atoms with van der Waals surface area (Å²) in [4.78, 5) is 8.92. The van der Waals surface area contributed by atoms with Crippen LogP contribution in [0.4, 0.5) is 0 Å². The highest BCUT2D eigenvalue weighted by molar-refractivity contribution is 5.86. The third kappa shape index (κ3) is 1.98. The Balaban J connectivity index is 1.91. The lowest BCUT2D eigenvalue weighted by Crippen LogP contribution is -1.97. The second-order valence-corrected chi connectivity index (χ2v) is 5.01. The van der Waals surface area contributed by atoms with E-state index in [0.29, 0.717) is 5.76 Å². The summed E-state index contributed by atoms with van der Waals surface area (Å²) in [6.45, 7) is 2.04. The van der Waals surface area contributed by atoms with Crippen molar-refractivity contribution in [3.63, 3.8) is 0 Å². The van der Waals surface area contributed by atoms with Crippen LogP contribution in [-0.2, 0) is 6.42 Å². The molecule has 0 radical (unpaired) electrons. The van der Waals surface area contributed by atoms with Gasteiger partial charge in [-0.3, -0.25) is 9.55 Å². The Hall–Kier alpha value is -2.95. The first kappa shape index (κ1) is 12.8. The number of hydrogen-bond acceptors (Lipinski definition) is 4. The van der Waals surface area contributed by atoms with Gasteiger partial charge in [-0.1, -0.05) is 30.3 Å². The van der Waals surface area contributed by atoms with Crippen LogP contribution in [0.5, 0.6) is 0 Å². The van der Waals surface area contributed by atoms with E-state index in [9.17, 15) is 0 Å². The Morgan fingerprint density at radius 2 is 2.00 bits per heavy atom. The van der Waals surface area contributed by atoms with E-state index in [4.69, 9.17) is 4.52 Å². The number of para-hydroxylation sites is 1. The summed E-state index contributed by atoms with van der Waals surface area (Å²) in [5.74, 6) is 1.39. The minimum absolute atomic E-state index is 0.662. The van der Waals surface area contributed by atoms with E-state index in [-0.39, 0.29) is 0 Å². The van der Waals surface area contributed by atoms with Crippen LogP contribution in [0.25, 0.3) is 28.2 Å². The lowest BCUT2D eigenvalue weighted by atomic mass is 10.2.